The van der Waals surface area contributed by atoms with Crippen LogP contribution in [0.3, 0.4) is 0 Å². The summed E-state index contributed by atoms with van der Waals surface area (Å²) in [7, 11) is 0. The van der Waals surface area contributed by atoms with Crippen LogP contribution in [0.25, 0.3) is 0 Å². The van der Waals surface area contributed by atoms with Crippen LogP contribution in [0, 0.1) is 0 Å². The fourth-order valence-electron chi connectivity index (χ4n) is 0.610. The Morgan fingerprint density at radius 2 is 1.82 bits per heavy atom. The molecule has 0 amide bonds. The summed E-state index contributed by atoms with van der Waals surface area (Å²) in [5.74, 6) is -0.316. The number of hydrogen-bond donors (Lipinski definition) is 0. The summed E-state index contributed by atoms with van der Waals surface area (Å²) in [5.41, 5.74) is 0.574. The standard InChI is InChI=1S/C7H6O2.Au.Zn/c8-7(9)6-4-2-1-3-5-6;;/h1-5H,(H,8,9);;/q;+1;/p-1. The van der Waals surface area contributed by atoms with E-state index < -0.39 is 0 Å². The average molecular weight is 383 g/mol. The number of carbonyl (C=O) groups excluding carboxylic acids is 1. The van der Waals surface area contributed by atoms with Gasteiger partial charge < -0.3 is 0 Å². The van der Waals surface area contributed by atoms with Crippen LogP contribution in [-0.4, -0.2) is 5.97 Å². The second-order valence-corrected chi connectivity index (χ2v) is 2.16. The molecular weight excluding hydrogens is 378 g/mol. The summed E-state index contributed by atoms with van der Waals surface area (Å²) in [6.07, 6.45) is 0. The number of rotatable bonds is 1. The van der Waals surface area contributed by atoms with Gasteiger partial charge in [0.15, 0.2) is 0 Å². The first-order chi connectivity index (χ1) is 4.84. The van der Waals surface area contributed by atoms with Gasteiger partial charge in [-0.2, -0.15) is 0 Å². The van der Waals surface area contributed by atoms with Crippen molar-refractivity contribution < 1.29 is 49.0 Å². The van der Waals surface area contributed by atoms with E-state index in [1.165, 1.54) is 0 Å². The van der Waals surface area contributed by atoms with Crippen molar-refractivity contribution in [3.63, 3.8) is 0 Å². The second kappa shape index (κ2) is 5.67. The van der Waals surface area contributed by atoms with E-state index in [-0.39, 0.29) is 25.4 Å². The van der Waals surface area contributed by atoms with Crippen molar-refractivity contribution in [2.75, 3.05) is 0 Å². The van der Waals surface area contributed by atoms with Crippen molar-refractivity contribution in [1.29, 1.82) is 0 Å². The van der Waals surface area contributed by atoms with Gasteiger partial charge >= 0.3 is 71.4 Å². The van der Waals surface area contributed by atoms with Gasteiger partial charge in [0.2, 0.25) is 0 Å². The molecule has 0 aliphatic rings. The first-order valence-corrected chi connectivity index (χ1v) is 3.58. The maximum Gasteiger partial charge on any atom is 0 e. The van der Waals surface area contributed by atoms with Crippen LogP contribution in [0.5, 0.6) is 0 Å². The smallest absolute Gasteiger partial charge is 0 e. The van der Waals surface area contributed by atoms with Crippen LogP contribution >= 0.6 is 0 Å². The number of carbonyl (C=O) groups is 1. The van der Waals surface area contributed by atoms with Crippen LogP contribution in [-0.2, 0) is 44.2 Å². The Labute approximate surface area is 90.5 Å². The molecular formula is C7H5AuO2Zn. The van der Waals surface area contributed by atoms with E-state index in [1.54, 1.807) is 45.7 Å². The molecule has 4 heteroatoms. The van der Waals surface area contributed by atoms with Gasteiger partial charge in [-0.3, -0.25) is 0 Å². The quantitative estimate of drug-likeness (QED) is 0.684. The zero-order valence-electron chi connectivity index (χ0n) is 5.71. The molecule has 0 N–H and O–H groups in total. The molecule has 0 aromatic heterocycles. The molecule has 1 rings (SSSR count). The molecule has 0 spiro atoms. The van der Waals surface area contributed by atoms with Crippen LogP contribution in [0.4, 0.5) is 0 Å². The van der Waals surface area contributed by atoms with E-state index >= 15 is 0 Å². The third-order valence-corrected chi connectivity index (χ3v) is 1.47. The Bertz CT molecular complexity index is 225. The molecule has 0 saturated carbocycles. The molecule has 1 aromatic rings. The van der Waals surface area contributed by atoms with E-state index in [0.717, 1.165) is 0 Å². The van der Waals surface area contributed by atoms with E-state index in [9.17, 15) is 4.79 Å². The van der Waals surface area contributed by atoms with Gasteiger partial charge in [0.1, 0.15) is 0 Å². The maximum absolute atomic E-state index is 10.8. The van der Waals surface area contributed by atoms with Crippen molar-refractivity contribution in [2.45, 2.75) is 0 Å². The summed E-state index contributed by atoms with van der Waals surface area (Å²) in [6, 6.07) is 8.84. The largest absolute Gasteiger partial charge is 0 e. The van der Waals surface area contributed by atoms with Gasteiger partial charge in [0.25, 0.3) is 0 Å². The Morgan fingerprint density at radius 3 is 2.27 bits per heavy atom. The first-order valence-electron chi connectivity index (χ1n) is 2.69. The molecule has 0 unspecified atom stereocenters. The van der Waals surface area contributed by atoms with Crippen LogP contribution < -0.4 is 0 Å². The zero-order valence-corrected chi connectivity index (χ0v) is 10.8. The Kier molecular flexibility index (Phi) is 5.70. The summed E-state index contributed by atoms with van der Waals surface area (Å²) in [6.45, 7) is 0. The third kappa shape index (κ3) is 3.30. The molecule has 1 aromatic carbocycles. The molecule has 0 bridgehead atoms. The molecule has 0 saturated heterocycles. The first kappa shape index (κ1) is 11.1. The summed E-state index contributed by atoms with van der Waals surface area (Å²) in [5, 5.41) is 0. The Balaban J connectivity index is 0.000001000. The molecule has 0 radical (unpaired) electrons. The zero-order chi connectivity index (χ0) is 7.40. The molecule has 2 nitrogen and oxygen atoms in total. The molecule has 0 atom stereocenters. The van der Waals surface area contributed by atoms with Crippen molar-refractivity contribution in [2.24, 2.45) is 0 Å². The van der Waals surface area contributed by atoms with Crippen molar-refractivity contribution in [1.82, 2.24) is 0 Å². The minimum atomic E-state index is -0.316. The van der Waals surface area contributed by atoms with Crippen molar-refractivity contribution in [3.8, 4) is 0 Å². The normalized spacial score (nSPS) is 8.18. The van der Waals surface area contributed by atoms with E-state index in [0.29, 0.717) is 5.56 Å². The van der Waals surface area contributed by atoms with Gasteiger partial charge in [-0.1, -0.05) is 0 Å². The number of benzene rings is 1. The minimum Gasteiger partial charge on any atom is 0 e. The topological polar surface area (TPSA) is 26.3 Å². The Hall–Kier alpha value is 0.0536. The molecule has 0 heterocycles. The fraction of sp³-hybridized carbons (Fsp3) is 0. The molecule has 58 valence electrons. The third-order valence-electron chi connectivity index (χ3n) is 1.07. The molecule has 0 aliphatic heterocycles. The van der Waals surface area contributed by atoms with Gasteiger partial charge in [0.05, 0.1) is 0 Å². The van der Waals surface area contributed by atoms with Crippen molar-refractivity contribution >= 4 is 5.97 Å². The van der Waals surface area contributed by atoms with Gasteiger partial charge in [-0.15, -0.1) is 0 Å². The minimum absolute atomic E-state index is 0. The monoisotopic (exact) mass is 382 g/mol. The van der Waals surface area contributed by atoms with E-state index in [1.807, 2.05) is 6.07 Å². The van der Waals surface area contributed by atoms with Gasteiger partial charge in [-0.05, 0) is 0 Å². The van der Waals surface area contributed by atoms with E-state index in [2.05, 4.69) is 3.24 Å². The molecule has 0 fully saturated rings. The predicted molar refractivity (Wildman–Crippen MR) is 31.9 cm³/mol. The van der Waals surface area contributed by atoms with E-state index in [4.69, 9.17) is 0 Å². The van der Waals surface area contributed by atoms with Crippen LogP contribution in [0.1, 0.15) is 10.4 Å². The van der Waals surface area contributed by atoms with Gasteiger partial charge in [0, 0.05) is 19.5 Å². The maximum atomic E-state index is 10.8. The Morgan fingerprint density at radius 1 is 1.27 bits per heavy atom. The van der Waals surface area contributed by atoms with Crippen LogP contribution in [0.2, 0.25) is 0 Å². The van der Waals surface area contributed by atoms with Gasteiger partial charge in [-0.25, -0.2) is 0 Å². The second-order valence-electron chi connectivity index (χ2n) is 1.72. The molecule has 0 aliphatic carbocycles. The fourth-order valence-corrected chi connectivity index (χ4v) is 0.865. The summed E-state index contributed by atoms with van der Waals surface area (Å²) < 4.78 is 4.44. The summed E-state index contributed by atoms with van der Waals surface area (Å²) in [4.78, 5) is 10.8. The number of hydrogen-bond acceptors (Lipinski definition) is 2. The predicted octanol–water partition coefficient (Wildman–Crippen LogP) is 1.30. The SMILES string of the molecule is O=C([O][Au])c1ccccc1.[Zn]. The average Bonchev–Trinajstić information content (AvgIpc) is 2.05. The summed E-state index contributed by atoms with van der Waals surface area (Å²) >= 11 is 1.74. The van der Waals surface area contributed by atoms with Crippen LogP contribution in [0.15, 0.2) is 30.3 Å². The molecule has 11 heavy (non-hydrogen) atoms. The van der Waals surface area contributed by atoms with Crippen molar-refractivity contribution in [3.05, 3.63) is 35.9 Å².